The van der Waals surface area contributed by atoms with E-state index in [2.05, 4.69) is 16.2 Å². The lowest BCUT2D eigenvalue weighted by Crippen LogP contribution is -2.39. The number of hydrogen-bond acceptors (Lipinski definition) is 6. The molecule has 1 aliphatic heterocycles. The van der Waals surface area contributed by atoms with E-state index in [1.165, 1.54) is 0 Å². The first-order valence-electron chi connectivity index (χ1n) is 8.77. The highest BCUT2D eigenvalue weighted by Gasteiger charge is 2.32. The van der Waals surface area contributed by atoms with Gasteiger partial charge in [0.25, 0.3) is 0 Å². The highest BCUT2D eigenvalue weighted by molar-refractivity contribution is 5.96. The van der Waals surface area contributed by atoms with Crippen molar-refractivity contribution in [3.8, 4) is 17.2 Å². The Balaban J connectivity index is 1.74. The molecular formula is C20H25N3O4. The van der Waals surface area contributed by atoms with Crippen LogP contribution in [0.4, 0.5) is 5.69 Å². The maximum Gasteiger partial charge on any atom is 0.243 e. The van der Waals surface area contributed by atoms with Crippen LogP contribution in [-0.2, 0) is 4.79 Å². The molecule has 1 heterocycles. The predicted molar refractivity (Wildman–Crippen MR) is 103 cm³/mol. The number of hydrogen-bond donors (Lipinski definition) is 4. The second-order valence-electron chi connectivity index (χ2n) is 6.70. The molecule has 0 aromatic heterocycles. The quantitative estimate of drug-likeness (QED) is 0.646. The van der Waals surface area contributed by atoms with Crippen LogP contribution < -0.4 is 25.6 Å². The lowest BCUT2D eigenvalue weighted by Gasteiger charge is -2.16. The standard InChI is InChI=1S/C20H25N3O4/c1-11-7-12(2)19(17(24)8-11)15-10-16(23-22-15)20(25)21-14-9-13(26-3)5-6-18(14)27-4/h5-9,15-16,22-24H,10H2,1-4H3,(H,21,25). The summed E-state index contributed by atoms with van der Waals surface area (Å²) in [4.78, 5) is 12.7. The number of ether oxygens (including phenoxy) is 2. The van der Waals surface area contributed by atoms with E-state index >= 15 is 0 Å². The summed E-state index contributed by atoms with van der Waals surface area (Å²) >= 11 is 0. The van der Waals surface area contributed by atoms with Gasteiger partial charge in [-0.1, -0.05) is 6.07 Å². The van der Waals surface area contributed by atoms with E-state index in [0.717, 1.165) is 16.7 Å². The van der Waals surface area contributed by atoms with Gasteiger partial charge in [0, 0.05) is 11.6 Å². The van der Waals surface area contributed by atoms with Crippen molar-refractivity contribution in [1.82, 2.24) is 10.9 Å². The van der Waals surface area contributed by atoms with Gasteiger partial charge < -0.3 is 19.9 Å². The summed E-state index contributed by atoms with van der Waals surface area (Å²) in [6.45, 7) is 3.90. The van der Waals surface area contributed by atoms with E-state index in [9.17, 15) is 9.90 Å². The Morgan fingerprint density at radius 3 is 2.59 bits per heavy atom. The molecule has 144 valence electrons. The van der Waals surface area contributed by atoms with Gasteiger partial charge in [0.2, 0.25) is 5.91 Å². The monoisotopic (exact) mass is 371 g/mol. The van der Waals surface area contributed by atoms with Gasteiger partial charge in [-0.25, -0.2) is 10.9 Å². The minimum absolute atomic E-state index is 0.159. The van der Waals surface area contributed by atoms with Gasteiger partial charge in [0.15, 0.2) is 0 Å². The zero-order valence-corrected chi connectivity index (χ0v) is 15.9. The molecule has 0 saturated carbocycles. The summed E-state index contributed by atoms with van der Waals surface area (Å²) in [5.74, 6) is 1.23. The summed E-state index contributed by atoms with van der Waals surface area (Å²) in [6.07, 6.45) is 0.510. The number of amides is 1. The van der Waals surface area contributed by atoms with Gasteiger partial charge in [-0.15, -0.1) is 0 Å². The normalized spacial score (nSPS) is 19.0. The SMILES string of the molecule is COc1ccc(OC)c(NC(=O)C2CC(c3c(C)cc(C)cc3O)NN2)c1. The number of aryl methyl sites for hydroxylation is 2. The molecule has 4 N–H and O–H groups in total. The third kappa shape index (κ3) is 3.99. The Bertz CT molecular complexity index is 830. The Labute approximate surface area is 158 Å². The molecule has 0 bridgehead atoms. The number of phenolic OH excluding ortho intramolecular Hbond substituents is 1. The van der Waals surface area contributed by atoms with Gasteiger partial charge in [0.05, 0.1) is 25.9 Å². The van der Waals surface area contributed by atoms with Crippen molar-refractivity contribution in [3.05, 3.63) is 47.0 Å². The molecule has 3 rings (SSSR count). The fourth-order valence-corrected chi connectivity index (χ4v) is 3.46. The Morgan fingerprint density at radius 2 is 1.93 bits per heavy atom. The number of carbonyl (C=O) groups is 1. The van der Waals surface area contributed by atoms with E-state index in [1.807, 2.05) is 19.9 Å². The second kappa shape index (κ2) is 7.85. The maximum absolute atomic E-state index is 12.7. The third-order valence-electron chi connectivity index (χ3n) is 4.74. The largest absolute Gasteiger partial charge is 0.508 e. The van der Waals surface area contributed by atoms with Crippen molar-refractivity contribution < 1.29 is 19.4 Å². The van der Waals surface area contributed by atoms with Gasteiger partial charge in [-0.05, 0) is 49.6 Å². The molecule has 1 amide bonds. The lowest BCUT2D eigenvalue weighted by atomic mass is 9.95. The van der Waals surface area contributed by atoms with Crippen molar-refractivity contribution in [3.63, 3.8) is 0 Å². The number of hydrazine groups is 1. The predicted octanol–water partition coefficient (Wildman–Crippen LogP) is 2.57. The fourth-order valence-electron chi connectivity index (χ4n) is 3.46. The zero-order chi connectivity index (χ0) is 19.6. The highest BCUT2D eigenvalue weighted by Crippen LogP contribution is 2.34. The van der Waals surface area contributed by atoms with E-state index in [-0.39, 0.29) is 17.7 Å². The number of benzene rings is 2. The van der Waals surface area contributed by atoms with Crippen molar-refractivity contribution in [1.29, 1.82) is 0 Å². The van der Waals surface area contributed by atoms with E-state index in [0.29, 0.717) is 23.6 Å². The fraction of sp³-hybridized carbons (Fsp3) is 0.350. The maximum atomic E-state index is 12.7. The Morgan fingerprint density at radius 1 is 1.15 bits per heavy atom. The summed E-state index contributed by atoms with van der Waals surface area (Å²) in [7, 11) is 3.11. The smallest absolute Gasteiger partial charge is 0.243 e. The summed E-state index contributed by atoms with van der Waals surface area (Å²) in [5.41, 5.74) is 9.47. The molecule has 1 aliphatic rings. The molecule has 7 heteroatoms. The van der Waals surface area contributed by atoms with Crippen LogP contribution in [0, 0.1) is 13.8 Å². The molecule has 2 aromatic carbocycles. The van der Waals surface area contributed by atoms with Crippen LogP contribution in [-0.4, -0.2) is 31.3 Å². The van der Waals surface area contributed by atoms with E-state index < -0.39 is 6.04 Å². The number of anilines is 1. The first-order valence-corrected chi connectivity index (χ1v) is 8.77. The van der Waals surface area contributed by atoms with Gasteiger partial charge in [-0.2, -0.15) is 0 Å². The Hall–Kier alpha value is -2.77. The van der Waals surface area contributed by atoms with Crippen LogP contribution in [0.15, 0.2) is 30.3 Å². The average molecular weight is 371 g/mol. The number of phenols is 1. The molecular weight excluding hydrogens is 346 g/mol. The average Bonchev–Trinajstić information content (AvgIpc) is 3.10. The first kappa shape index (κ1) is 19.0. The molecule has 2 aromatic rings. The summed E-state index contributed by atoms with van der Waals surface area (Å²) in [6, 6.07) is 8.37. The van der Waals surface area contributed by atoms with Crippen molar-refractivity contribution >= 4 is 11.6 Å². The molecule has 2 atom stereocenters. The minimum Gasteiger partial charge on any atom is -0.508 e. The third-order valence-corrected chi connectivity index (χ3v) is 4.74. The van der Waals surface area contributed by atoms with Gasteiger partial charge >= 0.3 is 0 Å². The molecule has 0 spiro atoms. The van der Waals surface area contributed by atoms with Crippen LogP contribution >= 0.6 is 0 Å². The first-order chi connectivity index (χ1) is 12.9. The van der Waals surface area contributed by atoms with Gasteiger partial charge in [-0.3, -0.25) is 4.79 Å². The highest BCUT2D eigenvalue weighted by atomic mass is 16.5. The van der Waals surface area contributed by atoms with Crippen LogP contribution in [0.2, 0.25) is 0 Å². The van der Waals surface area contributed by atoms with E-state index in [1.54, 1.807) is 38.5 Å². The molecule has 0 aliphatic carbocycles. The van der Waals surface area contributed by atoms with Crippen LogP contribution in [0.25, 0.3) is 0 Å². The van der Waals surface area contributed by atoms with E-state index in [4.69, 9.17) is 9.47 Å². The van der Waals surface area contributed by atoms with Crippen LogP contribution in [0.1, 0.15) is 29.2 Å². The number of aromatic hydroxyl groups is 1. The minimum atomic E-state index is -0.453. The second-order valence-corrected chi connectivity index (χ2v) is 6.70. The number of carbonyl (C=O) groups excluding carboxylic acids is 1. The lowest BCUT2D eigenvalue weighted by molar-refractivity contribution is -0.117. The topological polar surface area (TPSA) is 91.9 Å². The molecule has 0 radical (unpaired) electrons. The van der Waals surface area contributed by atoms with Crippen molar-refractivity contribution in [2.75, 3.05) is 19.5 Å². The Kier molecular flexibility index (Phi) is 5.53. The molecule has 2 unspecified atom stereocenters. The van der Waals surface area contributed by atoms with Crippen LogP contribution in [0.3, 0.4) is 0 Å². The number of rotatable bonds is 5. The molecule has 27 heavy (non-hydrogen) atoms. The summed E-state index contributed by atoms with van der Waals surface area (Å²) in [5, 5.41) is 13.2. The van der Waals surface area contributed by atoms with Crippen LogP contribution in [0.5, 0.6) is 17.2 Å². The molecule has 1 fully saturated rings. The zero-order valence-electron chi connectivity index (χ0n) is 15.9. The van der Waals surface area contributed by atoms with Gasteiger partial charge in [0.1, 0.15) is 23.3 Å². The number of nitrogens with one attached hydrogen (secondary N) is 3. The van der Waals surface area contributed by atoms with Crippen molar-refractivity contribution in [2.24, 2.45) is 0 Å². The molecule has 1 saturated heterocycles. The summed E-state index contributed by atoms with van der Waals surface area (Å²) < 4.78 is 10.5. The number of methoxy groups -OCH3 is 2. The van der Waals surface area contributed by atoms with Crippen molar-refractivity contribution in [2.45, 2.75) is 32.4 Å². The molecule has 7 nitrogen and oxygen atoms in total.